The van der Waals surface area contributed by atoms with Gasteiger partial charge in [0.05, 0.1) is 0 Å². The van der Waals surface area contributed by atoms with E-state index < -0.39 is 17.5 Å². The van der Waals surface area contributed by atoms with Crippen LogP contribution >= 0.6 is 0 Å². The van der Waals surface area contributed by atoms with Crippen LogP contribution in [0.1, 0.15) is 58.2 Å². The Kier molecular flexibility index (Phi) is 4.06. The Hall–Kier alpha value is -3.15. The van der Waals surface area contributed by atoms with Crippen molar-refractivity contribution in [2.24, 2.45) is 0 Å². The summed E-state index contributed by atoms with van der Waals surface area (Å²) < 4.78 is 10.2. The number of aromatic hydroxyl groups is 1. The Bertz CT molecular complexity index is 950. The van der Waals surface area contributed by atoms with Gasteiger partial charge < -0.3 is 14.6 Å². The van der Waals surface area contributed by atoms with Crippen molar-refractivity contribution in [3.63, 3.8) is 0 Å². The van der Waals surface area contributed by atoms with Crippen molar-refractivity contribution in [2.75, 3.05) is 0 Å². The van der Waals surface area contributed by atoms with Crippen LogP contribution in [0.15, 0.2) is 30.3 Å². The number of ether oxygens (including phenoxy) is 2. The molecule has 0 amide bonds. The fourth-order valence-electron chi connectivity index (χ4n) is 2.90. The van der Waals surface area contributed by atoms with Crippen LogP contribution in [0.25, 0.3) is 0 Å². The molecular formula is C20H18O6. The SMILES string of the molecule is Cc1c(OC(=O)OC(C)(C)C)c(O)cc2c1C(=O)c1ccccc1C2=O. The molecule has 2 aromatic carbocycles. The lowest BCUT2D eigenvalue weighted by molar-refractivity contribution is 0.0198. The standard InChI is InChI=1S/C20H18O6/c1-10-15-13(16(22)11-7-5-6-8-12(11)17(15)23)9-14(21)18(10)25-19(24)26-20(2,3)4/h5-9,21H,1-4H3. The topological polar surface area (TPSA) is 89.9 Å². The quantitative estimate of drug-likeness (QED) is 0.528. The summed E-state index contributed by atoms with van der Waals surface area (Å²) >= 11 is 0. The number of phenolic OH excluding ortho intramolecular Hbond substituents is 1. The molecule has 1 aliphatic rings. The minimum atomic E-state index is -1.01. The number of fused-ring (bicyclic) bond motifs is 2. The predicted octanol–water partition coefficient (Wildman–Crippen LogP) is 3.79. The average molecular weight is 354 g/mol. The summed E-state index contributed by atoms with van der Waals surface area (Å²) in [5.74, 6) is -1.33. The van der Waals surface area contributed by atoms with E-state index in [1.165, 1.54) is 6.92 Å². The van der Waals surface area contributed by atoms with E-state index in [0.717, 1.165) is 6.07 Å². The van der Waals surface area contributed by atoms with Crippen molar-refractivity contribution in [3.8, 4) is 11.5 Å². The number of hydrogen-bond acceptors (Lipinski definition) is 6. The Labute approximate surface area is 150 Å². The lowest BCUT2D eigenvalue weighted by atomic mass is 9.81. The van der Waals surface area contributed by atoms with Gasteiger partial charge in [-0.1, -0.05) is 24.3 Å². The van der Waals surface area contributed by atoms with Crippen LogP contribution in [0.5, 0.6) is 11.5 Å². The monoisotopic (exact) mass is 354 g/mol. The first-order chi connectivity index (χ1) is 12.1. The highest BCUT2D eigenvalue weighted by Gasteiger charge is 2.34. The van der Waals surface area contributed by atoms with Crippen molar-refractivity contribution in [1.82, 2.24) is 0 Å². The Morgan fingerprint density at radius 3 is 2.15 bits per heavy atom. The van der Waals surface area contributed by atoms with E-state index in [0.29, 0.717) is 0 Å². The Morgan fingerprint density at radius 1 is 1.00 bits per heavy atom. The summed E-state index contributed by atoms with van der Waals surface area (Å²) in [6, 6.07) is 7.62. The molecule has 0 aromatic heterocycles. The number of hydrogen-bond donors (Lipinski definition) is 1. The third-order valence-corrected chi connectivity index (χ3v) is 3.96. The van der Waals surface area contributed by atoms with Crippen LogP contribution < -0.4 is 4.74 Å². The summed E-state index contributed by atoms with van der Waals surface area (Å²) in [5, 5.41) is 10.3. The van der Waals surface area contributed by atoms with Gasteiger partial charge >= 0.3 is 6.16 Å². The van der Waals surface area contributed by atoms with Crippen molar-refractivity contribution in [3.05, 3.63) is 58.1 Å². The predicted molar refractivity (Wildman–Crippen MR) is 93.0 cm³/mol. The zero-order valence-corrected chi connectivity index (χ0v) is 14.9. The fourth-order valence-corrected chi connectivity index (χ4v) is 2.90. The normalized spacial score (nSPS) is 13.1. The average Bonchev–Trinajstić information content (AvgIpc) is 2.54. The highest BCUT2D eigenvalue weighted by Crippen LogP contribution is 2.39. The molecular weight excluding hydrogens is 336 g/mol. The van der Waals surface area contributed by atoms with Gasteiger partial charge in [0.1, 0.15) is 5.60 Å². The van der Waals surface area contributed by atoms with Gasteiger partial charge in [-0.2, -0.15) is 0 Å². The molecule has 134 valence electrons. The number of phenols is 1. The van der Waals surface area contributed by atoms with E-state index in [1.807, 2.05) is 0 Å². The van der Waals surface area contributed by atoms with Gasteiger partial charge in [-0.15, -0.1) is 0 Å². The van der Waals surface area contributed by atoms with Gasteiger partial charge in [0.25, 0.3) is 0 Å². The fraction of sp³-hybridized carbons (Fsp3) is 0.250. The highest BCUT2D eigenvalue weighted by molar-refractivity contribution is 6.29. The molecule has 6 nitrogen and oxygen atoms in total. The van der Waals surface area contributed by atoms with E-state index in [2.05, 4.69) is 0 Å². The largest absolute Gasteiger partial charge is 0.514 e. The Morgan fingerprint density at radius 2 is 1.58 bits per heavy atom. The number of carbonyl (C=O) groups excluding carboxylic acids is 3. The molecule has 26 heavy (non-hydrogen) atoms. The van der Waals surface area contributed by atoms with E-state index in [4.69, 9.17) is 9.47 Å². The minimum absolute atomic E-state index is 0.0836. The van der Waals surface area contributed by atoms with Crippen molar-refractivity contribution in [1.29, 1.82) is 0 Å². The summed E-state index contributed by atoms with van der Waals surface area (Å²) in [4.78, 5) is 37.5. The molecule has 0 heterocycles. The van der Waals surface area contributed by atoms with Crippen LogP contribution in [-0.2, 0) is 4.74 Å². The second kappa shape index (κ2) is 5.98. The van der Waals surface area contributed by atoms with Crippen LogP contribution in [-0.4, -0.2) is 28.4 Å². The maximum atomic E-state index is 12.8. The first-order valence-corrected chi connectivity index (χ1v) is 8.06. The number of carbonyl (C=O) groups is 3. The minimum Gasteiger partial charge on any atom is -0.504 e. The first-order valence-electron chi connectivity index (χ1n) is 8.06. The zero-order chi connectivity index (χ0) is 19.2. The van der Waals surface area contributed by atoms with Gasteiger partial charge in [-0.3, -0.25) is 9.59 Å². The summed E-state index contributed by atoms with van der Waals surface area (Å²) in [6.07, 6.45) is -1.01. The van der Waals surface area contributed by atoms with Gasteiger partial charge in [-0.25, -0.2) is 4.79 Å². The molecule has 1 N–H and O–H groups in total. The molecule has 0 unspecified atom stereocenters. The summed E-state index contributed by atoms with van der Waals surface area (Å²) in [6.45, 7) is 6.53. The Balaban J connectivity index is 2.09. The van der Waals surface area contributed by atoms with Crippen LogP contribution in [0.2, 0.25) is 0 Å². The first kappa shape index (κ1) is 17.7. The molecule has 0 spiro atoms. The molecule has 0 aliphatic heterocycles. The van der Waals surface area contributed by atoms with Gasteiger partial charge in [0.2, 0.25) is 0 Å². The second-order valence-corrected chi connectivity index (χ2v) is 7.04. The van der Waals surface area contributed by atoms with Crippen molar-refractivity contribution < 1.29 is 29.0 Å². The van der Waals surface area contributed by atoms with Gasteiger partial charge in [0.15, 0.2) is 23.1 Å². The molecule has 0 saturated heterocycles. The number of benzene rings is 2. The number of rotatable bonds is 1. The maximum Gasteiger partial charge on any atom is 0.514 e. The molecule has 0 fully saturated rings. The second-order valence-electron chi connectivity index (χ2n) is 7.04. The zero-order valence-electron chi connectivity index (χ0n) is 14.9. The van der Waals surface area contributed by atoms with Crippen LogP contribution in [0, 0.1) is 6.92 Å². The van der Waals surface area contributed by atoms with Crippen LogP contribution in [0.3, 0.4) is 0 Å². The van der Waals surface area contributed by atoms with Crippen LogP contribution in [0.4, 0.5) is 4.79 Å². The molecule has 6 heteroatoms. The van der Waals surface area contributed by atoms with Crippen molar-refractivity contribution in [2.45, 2.75) is 33.3 Å². The molecule has 0 saturated carbocycles. The van der Waals surface area contributed by atoms with E-state index in [-0.39, 0.29) is 45.1 Å². The van der Waals surface area contributed by atoms with E-state index >= 15 is 0 Å². The molecule has 0 atom stereocenters. The molecule has 3 rings (SSSR count). The third-order valence-electron chi connectivity index (χ3n) is 3.96. The smallest absolute Gasteiger partial charge is 0.504 e. The third kappa shape index (κ3) is 2.94. The van der Waals surface area contributed by atoms with Crippen molar-refractivity contribution >= 4 is 17.7 Å². The summed E-state index contributed by atoms with van der Waals surface area (Å²) in [5.41, 5.74) is 0.190. The molecule has 2 aromatic rings. The van der Waals surface area contributed by atoms with E-state index in [1.54, 1.807) is 45.0 Å². The lowest BCUT2D eigenvalue weighted by Gasteiger charge is -2.22. The molecule has 0 radical (unpaired) electrons. The van der Waals surface area contributed by atoms with E-state index in [9.17, 15) is 19.5 Å². The molecule has 0 bridgehead atoms. The highest BCUT2D eigenvalue weighted by atomic mass is 16.7. The van der Waals surface area contributed by atoms with Gasteiger partial charge in [-0.05, 0) is 33.8 Å². The molecule has 1 aliphatic carbocycles. The number of ketones is 2. The maximum absolute atomic E-state index is 12.8. The summed E-state index contributed by atoms with van der Waals surface area (Å²) in [7, 11) is 0. The lowest BCUT2D eigenvalue weighted by Crippen LogP contribution is -2.27. The van der Waals surface area contributed by atoms with Gasteiger partial charge in [0, 0.05) is 27.8 Å².